The van der Waals surface area contributed by atoms with E-state index in [0.29, 0.717) is 31.2 Å². The largest absolute Gasteiger partial charge is 0.365 e. The third-order valence-electron chi connectivity index (χ3n) is 2.63. The van der Waals surface area contributed by atoms with Crippen LogP contribution in [0.3, 0.4) is 0 Å². The van der Waals surface area contributed by atoms with E-state index >= 15 is 0 Å². The number of carbonyl (C=O) groups excluding carboxylic acids is 1. The first-order valence-electron chi connectivity index (χ1n) is 7.29. The molecular weight excluding hydrogens is 268 g/mol. The standard InChI is InChI=1S/C15H26N4O2/c1-11(2)10-19-9-8-17-13(14(19)21)16-7-6-12(20)18-15(3,4)5/h8-9,11H,6-7,10H2,1-5H3,(H,16,17)(H,18,20). The fraction of sp³-hybridized carbons (Fsp3) is 0.667. The monoisotopic (exact) mass is 294 g/mol. The molecule has 21 heavy (non-hydrogen) atoms. The fourth-order valence-corrected chi connectivity index (χ4v) is 1.88. The van der Waals surface area contributed by atoms with Gasteiger partial charge in [0.1, 0.15) is 0 Å². The van der Waals surface area contributed by atoms with Crippen LogP contribution < -0.4 is 16.2 Å². The summed E-state index contributed by atoms with van der Waals surface area (Å²) in [6.07, 6.45) is 3.58. The molecule has 1 rings (SSSR count). The Morgan fingerprint density at radius 1 is 1.38 bits per heavy atom. The smallest absolute Gasteiger partial charge is 0.293 e. The van der Waals surface area contributed by atoms with E-state index in [0.717, 1.165) is 0 Å². The van der Waals surface area contributed by atoms with Crippen LogP contribution in [0.5, 0.6) is 0 Å². The SMILES string of the molecule is CC(C)Cn1ccnc(NCCC(=O)NC(C)(C)C)c1=O. The molecule has 0 bridgehead atoms. The molecular formula is C15H26N4O2. The molecule has 0 fully saturated rings. The second-order valence-corrected chi connectivity index (χ2v) is 6.60. The van der Waals surface area contributed by atoms with Gasteiger partial charge in [-0.25, -0.2) is 4.98 Å². The summed E-state index contributed by atoms with van der Waals surface area (Å²) in [5.74, 6) is 0.630. The van der Waals surface area contributed by atoms with Crippen molar-refractivity contribution in [1.29, 1.82) is 0 Å². The normalized spacial score (nSPS) is 11.5. The minimum atomic E-state index is -0.244. The Hall–Kier alpha value is -1.85. The van der Waals surface area contributed by atoms with Crippen LogP contribution in [0.2, 0.25) is 0 Å². The second-order valence-electron chi connectivity index (χ2n) is 6.60. The summed E-state index contributed by atoms with van der Waals surface area (Å²) in [5, 5.41) is 5.81. The van der Waals surface area contributed by atoms with Crippen molar-refractivity contribution in [2.24, 2.45) is 5.92 Å². The highest BCUT2D eigenvalue weighted by Crippen LogP contribution is 2.01. The summed E-state index contributed by atoms with van der Waals surface area (Å²) in [5.41, 5.74) is -0.395. The van der Waals surface area contributed by atoms with E-state index in [-0.39, 0.29) is 17.0 Å². The Balaban J connectivity index is 2.57. The molecule has 1 heterocycles. The van der Waals surface area contributed by atoms with Crippen LogP contribution in [0.15, 0.2) is 17.2 Å². The highest BCUT2D eigenvalue weighted by molar-refractivity contribution is 5.77. The number of rotatable bonds is 6. The molecule has 1 aromatic heterocycles. The number of hydrogen-bond acceptors (Lipinski definition) is 4. The van der Waals surface area contributed by atoms with E-state index in [1.54, 1.807) is 17.0 Å². The summed E-state index contributed by atoms with van der Waals surface area (Å²) >= 11 is 0. The average molecular weight is 294 g/mol. The first-order valence-corrected chi connectivity index (χ1v) is 7.29. The highest BCUT2D eigenvalue weighted by atomic mass is 16.2. The predicted octanol–water partition coefficient (Wildman–Crippen LogP) is 1.62. The predicted molar refractivity (Wildman–Crippen MR) is 84.3 cm³/mol. The number of carbonyl (C=O) groups is 1. The van der Waals surface area contributed by atoms with Crippen LogP contribution >= 0.6 is 0 Å². The molecule has 0 saturated heterocycles. The first kappa shape index (κ1) is 17.2. The molecule has 0 aliphatic heterocycles. The lowest BCUT2D eigenvalue weighted by molar-refractivity contribution is -0.122. The lowest BCUT2D eigenvalue weighted by Crippen LogP contribution is -2.41. The molecule has 0 radical (unpaired) electrons. The summed E-state index contributed by atoms with van der Waals surface area (Å²) in [7, 11) is 0. The van der Waals surface area contributed by atoms with Gasteiger partial charge in [0.05, 0.1) is 0 Å². The number of nitrogens with zero attached hydrogens (tertiary/aromatic N) is 2. The molecule has 0 aromatic carbocycles. The van der Waals surface area contributed by atoms with Gasteiger partial charge in [-0.2, -0.15) is 0 Å². The van der Waals surface area contributed by atoms with Crippen molar-refractivity contribution in [3.63, 3.8) is 0 Å². The van der Waals surface area contributed by atoms with Crippen molar-refractivity contribution in [3.05, 3.63) is 22.7 Å². The molecule has 0 saturated carbocycles. The Labute approximate surface area is 126 Å². The minimum absolute atomic E-state index is 0.0477. The van der Waals surface area contributed by atoms with Crippen molar-refractivity contribution in [2.45, 2.75) is 53.1 Å². The zero-order valence-corrected chi connectivity index (χ0v) is 13.6. The van der Waals surface area contributed by atoms with Gasteiger partial charge >= 0.3 is 0 Å². The molecule has 0 unspecified atom stereocenters. The third kappa shape index (κ3) is 6.42. The van der Waals surface area contributed by atoms with Gasteiger partial charge in [-0.1, -0.05) is 13.8 Å². The zero-order valence-electron chi connectivity index (χ0n) is 13.6. The molecule has 0 aliphatic rings. The fourth-order valence-electron chi connectivity index (χ4n) is 1.88. The van der Waals surface area contributed by atoms with Crippen LogP contribution in [-0.2, 0) is 11.3 Å². The number of hydrogen-bond donors (Lipinski definition) is 2. The molecule has 118 valence electrons. The van der Waals surface area contributed by atoms with Gasteiger partial charge < -0.3 is 15.2 Å². The average Bonchev–Trinajstić information content (AvgIpc) is 2.31. The number of anilines is 1. The molecule has 6 heteroatoms. The summed E-state index contributed by atoms with van der Waals surface area (Å²) in [6.45, 7) is 10.9. The zero-order chi connectivity index (χ0) is 16.0. The van der Waals surface area contributed by atoms with E-state index in [1.165, 1.54) is 0 Å². The third-order valence-corrected chi connectivity index (χ3v) is 2.63. The van der Waals surface area contributed by atoms with Crippen molar-refractivity contribution in [1.82, 2.24) is 14.9 Å². The number of nitrogens with one attached hydrogen (secondary N) is 2. The summed E-state index contributed by atoms with van der Waals surface area (Å²) in [6, 6.07) is 0. The molecule has 0 aliphatic carbocycles. The molecule has 0 spiro atoms. The first-order chi connectivity index (χ1) is 9.69. The quantitative estimate of drug-likeness (QED) is 0.836. The van der Waals surface area contributed by atoms with Gasteiger partial charge in [-0.05, 0) is 26.7 Å². The van der Waals surface area contributed by atoms with Gasteiger partial charge in [0.25, 0.3) is 5.56 Å². The Kier molecular flexibility index (Phi) is 5.93. The topological polar surface area (TPSA) is 76.0 Å². The van der Waals surface area contributed by atoms with Crippen LogP contribution in [0.25, 0.3) is 0 Å². The molecule has 2 N–H and O–H groups in total. The molecule has 0 atom stereocenters. The van der Waals surface area contributed by atoms with E-state index in [1.807, 2.05) is 20.8 Å². The van der Waals surface area contributed by atoms with Gasteiger partial charge in [0, 0.05) is 37.4 Å². The van der Waals surface area contributed by atoms with Crippen LogP contribution in [0.1, 0.15) is 41.0 Å². The van der Waals surface area contributed by atoms with Gasteiger partial charge in [-0.3, -0.25) is 9.59 Å². The van der Waals surface area contributed by atoms with Crippen LogP contribution in [0.4, 0.5) is 5.82 Å². The maximum Gasteiger partial charge on any atom is 0.293 e. The molecule has 6 nitrogen and oxygen atoms in total. The summed E-state index contributed by atoms with van der Waals surface area (Å²) in [4.78, 5) is 27.9. The summed E-state index contributed by atoms with van der Waals surface area (Å²) < 4.78 is 1.63. The van der Waals surface area contributed by atoms with E-state index in [9.17, 15) is 9.59 Å². The second kappa shape index (κ2) is 7.24. The van der Waals surface area contributed by atoms with Crippen molar-refractivity contribution in [3.8, 4) is 0 Å². The van der Waals surface area contributed by atoms with Gasteiger partial charge in [0.15, 0.2) is 5.82 Å². The maximum absolute atomic E-state index is 12.1. The van der Waals surface area contributed by atoms with Crippen molar-refractivity contribution >= 4 is 11.7 Å². The Bertz CT molecular complexity index is 529. The Morgan fingerprint density at radius 3 is 2.62 bits per heavy atom. The highest BCUT2D eigenvalue weighted by Gasteiger charge is 2.13. The van der Waals surface area contributed by atoms with Gasteiger partial charge in [0.2, 0.25) is 5.91 Å². The van der Waals surface area contributed by atoms with Crippen molar-refractivity contribution in [2.75, 3.05) is 11.9 Å². The van der Waals surface area contributed by atoms with Gasteiger partial charge in [-0.15, -0.1) is 0 Å². The van der Waals surface area contributed by atoms with E-state index in [4.69, 9.17) is 0 Å². The number of amides is 1. The molecule has 1 aromatic rings. The maximum atomic E-state index is 12.1. The minimum Gasteiger partial charge on any atom is -0.365 e. The van der Waals surface area contributed by atoms with Crippen molar-refractivity contribution < 1.29 is 4.79 Å². The molecule has 1 amide bonds. The Morgan fingerprint density at radius 2 is 2.05 bits per heavy atom. The lowest BCUT2D eigenvalue weighted by Gasteiger charge is -2.20. The van der Waals surface area contributed by atoms with Crippen LogP contribution in [0, 0.1) is 5.92 Å². The van der Waals surface area contributed by atoms with Crippen LogP contribution in [-0.4, -0.2) is 27.5 Å². The van der Waals surface area contributed by atoms with E-state index in [2.05, 4.69) is 29.5 Å². The lowest BCUT2D eigenvalue weighted by atomic mass is 10.1. The van der Waals surface area contributed by atoms with E-state index < -0.39 is 0 Å². The number of aromatic nitrogens is 2.